The smallest absolute Gasteiger partial charge is 0.0440 e. The molecular weight excluding hydrogens is 250 g/mol. The van der Waals surface area contributed by atoms with E-state index >= 15 is 0 Å². The fourth-order valence-electron chi connectivity index (χ4n) is 2.75. The summed E-state index contributed by atoms with van der Waals surface area (Å²) in [6.07, 6.45) is 6.50. The molecule has 2 rings (SSSR count). The Kier molecular flexibility index (Phi) is 6.25. The number of rotatable bonds is 6. The Labute approximate surface area is 122 Å². The monoisotopic (exact) mass is 277 g/mol. The molecule has 2 heteroatoms. The van der Waals surface area contributed by atoms with Gasteiger partial charge in [-0.1, -0.05) is 44.5 Å². The van der Waals surface area contributed by atoms with E-state index in [1.807, 2.05) is 0 Å². The largest absolute Gasteiger partial charge is 0.309 e. The van der Waals surface area contributed by atoms with Gasteiger partial charge >= 0.3 is 0 Å². The van der Waals surface area contributed by atoms with Crippen molar-refractivity contribution in [1.29, 1.82) is 0 Å². The van der Waals surface area contributed by atoms with Gasteiger partial charge in [0.1, 0.15) is 0 Å². The van der Waals surface area contributed by atoms with Crippen molar-refractivity contribution in [3.63, 3.8) is 0 Å². The summed E-state index contributed by atoms with van der Waals surface area (Å²) in [7, 11) is 0. The van der Waals surface area contributed by atoms with E-state index in [0.717, 1.165) is 18.2 Å². The first-order valence-electron chi connectivity index (χ1n) is 7.79. The van der Waals surface area contributed by atoms with Crippen LogP contribution >= 0.6 is 11.8 Å². The Bertz CT molecular complexity index is 354. The molecule has 1 aliphatic heterocycles. The van der Waals surface area contributed by atoms with Crippen LogP contribution in [0.2, 0.25) is 0 Å². The van der Waals surface area contributed by atoms with Gasteiger partial charge in [0, 0.05) is 11.3 Å². The van der Waals surface area contributed by atoms with Crippen molar-refractivity contribution in [2.24, 2.45) is 0 Å². The average molecular weight is 277 g/mol. The molecule has 0 radical (unpaired) electrons. The van der Waals surface area contributed by atoms with Crippen LogP contribution < -0.4 is 5.32 Å². The molecular formula is C17H27NS. The number of aryl methyl sites for hydroxylation is 1. The number of thioether (sulfide) groups is 1. The quantitative estimate of drug-likeness (QED) is 0.817. The lowest BCUT2D eigenvalue weighted by Crippen LogP contribution is -2.32. The predicted octanol–water partition coefficient (Wildman–Crippen LogP) is 4.58. The van der Waals surface area contributed by atoms with Crippen LogP contribution in [0.5, 0.6) is 0 Å². The van der Waals surface area contributed by atoms with Crippen LogP contribution in [0.4, 0.5) is 0 Å². The van der Waals surface area contributed by atoms with Gasteiger partial charge in [-0.15, -0.1) is 0 Å². The van der Waals surface area contributed by atoms with Gasteiger partial charge in [0.25, 0.3) is 0 Å². The molecule has 19 heavy (non-hydrogen) atoms. The van der Waals surface area contributed by atoms with E-state index < -0.39 is 0 Å². The molecule has 1 N–H and O–H groups in total. The maximum absolute atomic E-state index is 3.77. The van der Waals surface area contributed by atoms with Gasteiger partial charge in [-0.25, -0.2) is 0 Å². The van der Waals surface area contributed by atoms with Crippen LogP contribution in [-0.4, -0.2) is 17.5 Å². The van der Waals surface area contributed by atoms with Crippen LogP contribution in [0.3, 0.4) is 0 Å². The summed E-state index contributed by atoms with van der Waals surface area (Å²) >= 11 is 2.16. The summed E-state index contributed by atoms with van der Waals surface area (Å²) < 4.78 is 0. The van der Waals surface area contributed by atoms with Crippen molar-refractivity contribution >= 4 is 11.8 Å². The molecule has 1 heterocycles. The summed E-state index contributed by atoms with van der Waals surface area (Å²) in [4.78, 5) is 0. The van der Waals surface area contributed by atoms with Gasteiger partial charge < -0.3 is 5.32 Å². The van der Waals surface area contributed by atoms with Gasteiger partial charge in [0.15, 0.2) is 0 Å². The topological polar surface area (TPSA) is 12.0 Å². The van der Waals surface area contributed by atoms with Crippen molar-refractivity contribution in [1.82, 2.24) is 5.32 Å². The maximum Gasteiger partial charge on any atom is 0.0440 e. The number of nitrogens with one attached hydrogen (secondary N) is 1. The molecule has 1 aromatic rings. The van der Waals surface area contributed by atoms with E-state index in [1.165, 1.54) is 42.6 Å². The molecule has 1 saturated heterocycles. The molecule has 1 aliphatic rings. The van der Waals surface area contributed by atoms with Gasteiger partial charge in [-0.05, 0) is 49.1 Å². The Morgan fingerprint density at radius 1 is 1.21 bits per heavy atom. The second-order valence-electron chi connectivity index (χ2n) is 5.43. The normalized spacial score (nSPS) is 21.3. The molecule has 1 nitrogen and oxygen atoms in total. The molecule has 1 aromatic carbocycles. The third-order valence-corrected chi connectivity index (χ3v) is 5.41. The lowest BCUT2D eigenvalue weighted by Gasteiger charge is -2.31. The van der Waals surface area contributed by atoms with Crippen molar-refractivity contribution in [2.75, 3.05) is 12.3 Å². The number of hydrogen-bond acceptors (Lipinski definition) is 2. The van der Waals surface area contributed by atoms with E-state index in [1.54, 1.807) is 0 Å². The number of benzene rings is 1. The summed E-state index contributed by atoms with van der Waals surface area (Å²) in [6.45, 7) is 5.59. The zero-order valence-corrected chi connectivity index (χ0v) is 13.1. The van der Waals surface area contributed by atoms with E-state index in [2.05, 4.69) is 55.2 Å². The Morgan fingerprint density at radius 3 is 2.58 bits per heavy atom. The summed E-state index contributed by atoms with van der Waals surface area (Å²) in [5.74, 6) is 1.34. The summed E-state index contributed by atoms with van der Waals surface area (Å²) in [6, 6.07) is 9.80. The molecule has 1 fully saturated rings. The lowest BCUT2D eigenvalue weighted by molar-refractivity contribution is 0.479. The number of hydrogen-bond donors (Lipinski definition) is 1. The van der Waals surface area contributed by atoms with Crippen molar-refractivity contribution < 1.29 is 0 Å². The standard InChI is InChI=1S/C17H27NS/c1-3-12-18-17(16-7-5-6-13-19-16)15-10-8-14(4-2)9-11-15/h8-11,16-18H,3-7,12-13H2,1-2H3. The zero-order valence-electron chi connectivity index (χ0n) is 12.3. The van der Waals surface area contributed by atoms with E-state index in [0.29, 0.717) is 6.04 Å². The van der Waals surface area contributed by atoms with Gasteiger partial charge in [-0.3, -0.25) is 0 Å². The van der Waals surface area contributed by atoms with Crippen LogP contribution in [-0.2, 0) is 6.42 Å². The first-order chi connectivity index (χ1) is 9.35. The molecule has 0 saturated carbocycles. The molecule has 2 unspecified atom stereocenters. The molecule has 0 bridgehead atoms. The fourth-order valence-corrected chi connectivity index (χ4v) is 4.21. The average Bonchev–Trinajstić information content (AvgIpc) is 2.49. The van der Waals surface area contributed by atoms with Gasteiger partial charge in [-0.2, -0.15) is 11.8 Å². The van der Waals surface area contributed by atoms with Gasteiger partial charge in [0.2, 0.25) is 0 Å². The van der Waals surface area contributed by atoms with Crippen LogP contribution in [0.1, 0.15) is 56.7 Å². The fraction of sp³-hybridized carbons (Fsp3) is 0.647. The van der Waals surface area contributed by atoms with E-state index in [4.69, 9.17) is 0 Å². The second-order valence-corrected chi connectivity index (χ2v) is 6.78. The third kappa shape index (κ3) is 4.25. The van der Waals surface area contributed by atoms with Crippen molar-refractivity contribution in [3.8, 4) is 0 Å². The molecule has 0 aromatic heterocycles. The maximum atomic E-state index is 3.77. The molecule has 2 atom stereocenters. The first-order valence-corrected chi connectivity index (χ1v) is 8.83. The predicted molar refractivity (Wildman–Crippen MR) is 87.0 cm³/mol. The summed E-state index contributed by atoms with van der Waals surface area (Å²) in [5, 5.41) is 4.53. The molecule has 0 amide bonds. The minimum Gasteiger partial charge on any atom is -0.309 e. The minimum absolute atomic E-state index is 0.538. The van der Waals surface area contributed by atoms with Gasteiger partial charge in [0.05, 0.1) is 0 Å². The Morgan fingerprint density at radius 2 is 2.00 bits per heavy atom. The highest BCUT2D eigenvalue weighted by molar-refractivity contribution is 8.00. The molecule has 0 aliphatic carbocycles. The summed E-state index contributed by atoms with van der Waals surface area (Å²) in [5.41, 5.74) is 2.92. The first kappa shape index (κ1) is 14.9. The van der Waals surface area contributed by atoms with E-state index in [9.17, 15) is 0 Å². The molecule has 0 spiro atoms. The molecule has 106 valence electrons. The van der Waals surface area contributed by atoms with Crippen LogP contribution in [0.25, 0.3) is 0 Å². The van der Waals surface area contributed by atoms with Crippen molar-refractivity contribution in [3.05, 3.63) is 35.4 Å². The highest BCUT2D eigenvalue weighted by Crippen LogP contribution is 2.34. The third-order valence-electron chi connectivity index (χ3n) is 3.95. The zero-order chi connectivity index (χ0) is 13.5. The highest BCUT2D eigenvalue weighted by atomic mass is 32.2. The Hall–Kier alpha value is -0.470. The van der Waals surface area contributed by atoms with Crippen LogP contribution in [0, 0.1) is 0 Å². The Balaban J connectivity index is 2.10. The SMILES string of the molecule is CCCNC(c1ccc(CC)cc1)C1CCCCS1. The van der Waals surface area contributed by atoms with Crippen LogP contribution in [0.15, 0.2) is 24.3 Å². The highest BCUT2D eigenvalue weighted by Gasteiger charge is 2.24. The minimum atomic E-state index is 0.538. The lowest BCUT2D eigenvalue weighted by atomic mass is 9.98. The second kappa shape index (κ2) is 7.96. The van der Waals surface area contributed by atoms with Crippen molar-refractivity contribution in [2.45, 2.75) is 57.2 Å². The van der Waals surface area contributed by atoms with E-state index in [-0.39, 0.29) is 0 Å².